The normalized spacial score (nSPS) is 10.6. The summed E-state index contributed by atoms with van der Waals surface area (Å²) < 4.78 is 0. The molecule has 1 aromatic heterocycles. The second-order valence-electron chi connectivity index (χ2n) is 6.55. The van der Waals surface area contributed by atoms with Gasteiger partial charge in [0.25, 0.3) is 5.91 Å². The van der Waals surface area contributed by atoms with E-state index in [1.165, 1.54) is 22.5 Å². The molecule has 134 valence electrons. The molecular weight excluding hydrogens is 342 g/mol. The lowest BCUT2D eigenvalue weighted by Crippen LogP contribution is -2.22. The average Bonchev–Trinajstić information content (AvgIpc) is 2.97. The van der Waals surface area contributed by atoms with E-state index in [4.69, 9.17) is 0 Å². The minimum Gasteiger partial charge on any atom is -0.347 e. The van der Waals surface area contributed by atoms with Crippen LogP contribution in [0, 0.1) is 27.7 Å². The first-order valence-electron chi connectivity index (χ1n) is 8.58. The van der Waals surface area contributed by atoms with Crippen LogP contribution in [0.15, 0.2) is 42.5 Å². The summed E-state index contributed by atoms with van der Waals surface area (Å²) in [5, 5.41) is 7.03. The zero-order valence-electron chi connectivity index (χ0n) is 15.5. The van der Waals surface area contributed by atoms with E-state index in [2.05, 4.69) is 41.6 Å². The smallest absolute Gasteiger partial charge is 0.263 e. The van der Waals surface area contributed by atoms with E-state index in [0.29, 0.717) is 11.4 Å². The average molecular weight is 366 g/mol. The van der Waals surface area contributed by atoms with Crippen molar-refractivity contribution >= 4 is 28.1 Å². The summed E-state index contributed by atoms with van der Waals surface area (Å²) in [6.07, 6.45) is 0. The van der Waals surface area contributed by atoms with Crippen molar-refractivity contribution in [1.29, 1.82) is 0 Å². The van der Waals surface area contributed by atoms with Crippen LogP contribution in [0.4, 0.5) is 10.8 Å². The van der Waals surface area contributed by atoms with E-state index >= 15 is 0 Å². The van der Waals surface area contributed by atoms with E-state index in [0.717, 1.165) is 27.6 Å². The molecule has 4 nitrogen and oxygen atoms in total. The Hall–Kier alpha value is -2.66. The summed E-state index contributed by atoms with van der Waals surface area (Å²) in [6.45, 7) is 8.56. The van der Waals surface area contributed by atoms with Crippen molar-refractivity contribution in [3.63, 3.8) is 0 Å². The number of rotatable bonds is 5. The molecule has 3 aromatic rings. The summed E-state index contributed by atoms with van der Waals surface area (Å²) in [5.41, 5.74) is 6.42. The van der Waals surface area contributed by atoms with Crippen LogP contribution in [0.2, 0.25) is 0 Å². The van der Waals surface area contributed by atoms with Gasteiger partial charge in [0.1, 0.15) is 4.88 Å². The summed E-state index contributed by atoms with van der Waals surface area (Å²) in [5.74, 6) is -0.0887. The topological polar surface area (TPSA) is 54.0 Å². The summed E-state index contributed by atoms with van der Waals surface area (Å²) in [4.78, 5) is 17.7. The van der Waals surface area contributed by atoms with E-state index < -0.39 is 0 Å². The molecule has 0 aliphatic carbocycles. The molecule has 0 aliphatic heterocycles. The van der Waals surface area contributed by atoms with Crippen molar-refractivity contribution in [2.75, 3.05) is 5.32 Å². The van der Waals surface area contributed by atoms with Crippen LogP contribution in [0.25, 0.3) is 0 Å². The standard InChI is InChI=1S/C21H23N3OS/c1-13-5-8-17(9-6-13)12-22-20(25)19-16(4)23-21(26-19)24-18-10-7-14(2)11-15(18)3/h5-11H,12H2,1-4H3,(H,22,25)(H,23,24). The highest BCUT2D eigenvalue weighted by molar-refractivity contribution is 7.17. The van der Waals surface area contributed by atoms with Crippen molar-refractivity contribution in [3.05, 3.63) is 75.3 Å². The molecule has 2 N–H and O–H groups in total. The van der Waals surface area contributed by atoms with E-state index in [1.54, 1.807) is 0 Å². The first-order valence-corrected chi connectivity index (χ1v) is 9.39. The summed E-state index contributed by atoms with van der Waals surface area (Å²) >= 11 is 1.38. The Morgan fingerprint density at radius 2 is 1.69 bits per heavy atom. The van der Waals surface area contributed by atoms with Gasteiger partial charge in [-0.3, -0.25) is 4.79 Å². The number of anilines is 2. The van der Waals surface area contributed by atoms with Gasteiger partial charge in [0, 0.05) is 12.2 Å². The first-order chi connectivity index (χ1) is 12.4. The lowest BCUT2D eigenvalue weighted by atomic mass is 10.1. The lowest BCUT2D eigenvalue weighted by Gasteiger charge is -2.07. The molecular formula is C21H23N3OS. The molecule has 0 radical (unpaired) electrons. The van der Waals surface area contributed by atoms with Gasteiger partial charge in [-0.2, -0.15) is 0 Å². The summed E-state index contributed by atoms with van der Waals surface area (Å²) in [6, 6.07) is 14.4. The Morgan fingerprint density at radius 3 is 2.38 bits per heavy atom. The molecule has 0 bridgehead atoms. The van der Waals surface area contributed by atoms with Gasteiger partial charge in [-0.1, -0.05) is 58.9 Å². The molecule has 0 saturated heterocycles. The molecule has 1 amide bonds. The van der Waals surface area contributed by atoms with E-state index in [9.17, 15) is 4.79 Å². The molecule has 0 aliphatic rings. The van der Waals surface area contributed by atoms with Crippen LogP contribution in [0.5, 0.6) is 0 Å². The lowest BCUT2D eigenvalue weighted by molar-refractivity contribution is 0.0954. The molecule has 0 fully saturated rings. The maximum absolute atomic E-state index is 12.5. The van der Waals surface area contributed by atoms with Gasteiger partial charge >= 0.3 is 0 Å². The molecule has 5 heteroatoms. The van der Waals surface area contributed by atoms with Crippen LogP contribution in [-0.2, 0) is 6.54 Å². The first kappa shape index (κ1) is 18.1. The minimum absolute atomic E-state index is 0.0887. The van der Waals surface area contributed by atoms with Gasteiger partial charge in [0.05, 0.1) is 5.69 Å². The van der Waals surface area contributed by atoms with Gasteiger partial charge in [-0.05, 0) is 44.9 Å². The Balaban J connectivity index is 1.68. The Bertz CT molecular complexity index is 929. The largest absolute Gasteiger partial charge is 0.347 e. The molecule has 0 atom stereocenters. The van der Waals surface area contributed by atoms with Gasteiger partial charge in [0.2, 0.25) is 0 Å². The molecule has 0 spiro atoms. The number of nitrogens with one attached hydrogen (secondary N) is 2. The molecule has 0 saturated carbocycles. The molecule has 0 unspecified atom stereocenters. The number of aromatic nitrogens is 1. The van der Waals surface area contributed by atoms with Gasteiger partial charge in [-0.25, -0.2) is 4.98 Å². The highest BCUT2D eigenvalue weighted by atomic mass is 32.1. The highest BCUT2D eigenvalue weighted by Gasteiger charge is 2.15. The van der Waals surface area contributed by atoms with Crippen LogP contribution < -0.4 is 10.6 Å². The number of thiazole rings is 1. The van der Waals surface area contributed by atoms with Crippen molar-refractivity contribution in [2.45, 2.75) is 34.2 Å². The molecule has 1 heterocycles. The SMILES string of the molecule is Cc1ccc(CNC(=O)c2sc(Nc3ccc(C)cc3C)nc2C)cc1. The van der Waals surface area contributed by atoms with Crippen LogP contribution >= 0.6 is 11.3 Å². The molecule has 2 aromatic carbocycles. The number of hydrogen-bond donors (Lipinski definition) is 2. The third-order valence-corrected chi connectivity index (χ3v) is 5.27. The number of carbonyl (C=O) groups is 1. The van der Waals surface area contributed by atoms with Gasteiger partial charge in [-0.15, -0.1) is 0 Å². The zero-order valence-corrected chi connectivity index (χ0v) is 16.3. The second kappa shape index (κ2) is 7.70. The number of benzene rings is 2. The Kier molecular flexibility index (Phi) is 5.38. The number of hydrogen-bond acceptors (Lipinski definition) is 4. The predicted octanol–water partition coefficient (Wildman–Crippen LogP) is 5.05. The fourth-order valence-corrected chi connectivity index (χ4v) is 3.59. The Morgan fingerprint density at radius 1 is 1.00 bits per heavy atom. The number of carbonyl (C=O) groups excluding carboxylic acids is 1. The third kappa shape index (κ3) is 4.29. The number of nitrogens with zero attached hydrogens (tertiary/aromatic N) is 1. The zero-order chi connectivity index (χ0) is 18.7. The van der Waals surface area contributed by atoms with Crippen LogP contribution in [-0.4, -0.2) is 10.9 Å². The van der Waals surface area contributed by atoms with E-state index in [-0.39, 0.29) is 5.91 Å². The quantitative estimate of drug-likeness (QED) is 0.665. The second-order valence-corrected chi connectivity index (χ2v) is 7.54. The van der Waals surface area contributed by atoms with Crippen molar-refractivity contribution in [1.82, 2.24) is 10.3 Å². The number of amides is 1. The minimum atomic E-state index is -0.0887. The van der Waals surface area contributed by atoms with Crippen molar-refractivity contribution in [2.24, 2.45) is 0 Å². The maximum atomic E-state index is 12.5. The highest BCUT2D eigenvalue weighted by Crippen LogP contribution is 2.27. The molecule has 3 rings (SSSR count). The monoisotopic (exact) mass is 365 g/mol. The number of aryl methyl sites for hydroxylation is 4. The van der Waals surface area contributed by atoms with Gasteiger partial charge in [0.15, 0.2) is 5.13 Å². The van der Waals surface area contributed by atoms with Crippen molar-refractivity contribution in [3.8, 4) is 0 Å². The fraction of sp³-hybridized carbons (Fsp3) is 0.238. The van der Waals surface area contributed by atoms with Crippen molar-refractivity contribution < 1.29 is 4.79 Å². The predicted molar refractivity (Wildman–Crippen MR) is 108 cm³/mol. The molecule has 26 heavy (non-hydrogen) atoms. The third-order valence-electron chi connectivity index (χ3n) is 4.20. The maximum Gasteiger partial charge on any atom is 0.263 e. The van der Waals surface area contributed by atoms with Crippen LogP contribution in [0.3, 0.4) is 0 Å². The van der Waals surface area contributed by atoms with Gasteiger partial charge < -0.3 is 10.6 Å². The fourth-order valence-electron chi connectivity index (χ4n) is 2.70. The summed E-state index contributed by atoms with van der Waals surface area (Å²) in [7, 11) is 0. The van der Waals surface area contributed by atoms with Crippen LogP contribution in [0.1, 0.15) is 37.6 Å². The Labute approximate surface area is 158 Å². The van der Waals surface area contributed by atoms with E-state index in [1.807, 2.05) is 44.2 Å².